The van der Waals surface area contributed by atoms with Crippen molar-refractivity contribution >= 4 is 34.6 Å². The van der Waals surface area contributed by atoms with Crippen molar-refractivity contribution in [1.29, 1.82) is 0 Å². The minimum Gasteiger partial charge on any atom is -0.495 e. The third-order valence-electron chi connectivity index (χ3n) is 4.38. The maximum Gasteiger partial charge on any atom is 0.271 e. The van der Waals surface area contributed by atoms with Crippen LogP contribution in [0.4, 0.5) is 22.7 Å². The number of nitrogens with zero attached hydrogens (tertiary/aromatic N) is 2. The van der Waals surface area contributed by atoms with Crippen molar-refractivity contribution in [2.75, 3.05) is 35.7 Å². The lowest BCUT2D eigenvalue weighted by Crippen LogP contribution is -2.26. The third kappa shape index (κ3) is 4.20. The van der Waals surface area contributed by atoms with Crippen LogP contribution in [0.1, 0.15) is 12.8 Å². The zero-order valence-corrected chi connectivity index (χ0v) is 15.3. The van der Waals surface area contributed by atoms with Crippen LogP contribution in [0.3, 0.4) is 0 Å². The highest BCUT2D eigenvalue weighted by Gasteiger charge is 2.23. The van der Waals surface area contributed by atoms with Gasteiger partial charge < -0.3 is 20.3 Å². The summed E-state index contributed by atoms with van der Waals surface area (Å²) in [5.74, 6) is -0.0246. The molecule has 3 rings (SSSR count). The molecule has 2 N–H and O–H groups in total. The van der Waals surface area contributed by atoms with Crippen molar-refractivity contribution in [3.05, 3.63) is 52.6 Å². The van der Waals surface area contributed by atoms with Crippen LogP contribution in [0, 0.1) is 10.1 Å². The molecule has 2 aromatic carbocycles. The molecular weight excluding hydrogens is 364 g/mol. The molecule has 9 heteroatoms. The Balaban J connectivity index is 1.70. The number of nitro groups is 1. The molecule has 0 atom stereocenters. The normalized spacial score (nSPS) is 13.3. The fraction of sp³-hybridized carbons (Fsp3) is 0.263. The fourth-order valence-electron chi connectivity index (χ4n) is 3.04. The monoisotopic (exact) mass is 384 g/mol. The van der Waals surface area contributed by atoms with Crippen LogP contribution in [0.5, 0.6) is 5.75 Å². The van der Waals surface area contributed by atoms with Gasteiger partial charge >= 0.3 is 0 Å². The molecule has 1 saturated heterocycles. The van der Waals surface area contributed by atoms with E-state index >= 15 is 0 Å². The lowest BCUT2D eigenvalue weighted by Gasteiger charge is -2.20. The minimum absolute atomic E-state index is 0.0556. The Hall–Kier alpha value is -3.62. The van der Waals surface area contributed by atoms with Gasteiger partial charge in [-0.15, -0.1) is 0 Å². The van der Waals surface area contributed by atoms with Crippen LogP contribution < -0.4 is 20.3 Å². The number of amides is 2. The number of benzene rings is 2. The molecule has 28 heavy (non-hydrogen) atoms. The lowest BCUT2D eigenvalue weighted by atomic mass is 10.2. The topological polar surface area (TPSA) is 114 Å². The second kappa shape index (κ2) is 8.38. The number of hydrogen-bond donors (Lipinski definition) is 2. The molecule has 1 aliphatic rings. The Morgan fingerprint density at radius 2 is 2.04 bits per heavy atom. The van der Waals surface area contributed by atoms with Crippen LogP contribution >= 0.6 is 0 Å². The van der Waals surface area contributed by atoms with Crippen molar-refractivity contribution in [3.8, 4) is 5.75 Å². The SMILES string of the molecule is COc1ccc([N+](=O)[O-])cc1NC(=O)CNc1ccccc1N1CCCC1=O. The first-order valence-electron chi connectivity index (χ1n) is 8.75. The Morgan fingerprint density at radius 1 is 1.25 bits per heavy atom. The van der Waals surface area contributed by atoms with Crippen molar-refractivity contribution in [1.82, 2.24) is 0 Å². The van der Waals surface area contributed by atoms with Crippen molar-refractivity contribution in [2.24, 2.45) is 0 Å². The lowest BCUT2D eigenvalue weighted by molar-refractivity contribution is -0.384. The van der Waals surface area contributed by atoms with Crippen LogP contribution in [-0.4, -0.2) is 36.9 Å². The van der Waals surface area contributed by atoms with Crippen LogP contribution in [0.2, 0.25) is 0 Å². The second-order valence-corrected chi connectivity index (χ2v) is 6.21. The Bertz CT molecular complexity index is 915. The highest BCUT2D eigenvalue weighted by Crippen LogP contribution is 2.30. The zero-order valence-electron chi connectivity index (χ0n) is 15.3. The van der Waals surface area contributed by atoms with Gasteiger partial charge in [0.05, 0.1) is 35.6 Å². The first-order chi connectivity index (χ1) is 13.5. The summed E-state index contributed by atoms with van der Waals surface area (Å²) in [6, 6.07) is 11.2. The quantitative estimate of drug-likeness (QED) is 0.560. The van der Waals surface area contributed by atoms with E-state index in [4.69, 9.17) is 4.74 Å². The number of carbonyl (C=O) groups is 2. The largest absolute Gasteiger partial charge is 0.495 e. The average molecular weight is 384 g/mol. The van der Waals surface area contributed by atoms with Crippen LogP contribution in [0.15, 0.2) is 42.5 Å². The molecule has 9 nitrogen and oxygen atoms in total. The maximum absolute atomic E-state index is 12.4. The Kier molecular flexibility index (Phi) is 5.73. The number of methoxy groups -OCH3 is 1. The van der Waals surface area contributed by atoms with E-state index in [0.29, 0.717) is 24.4 Å². The van der Waals surface area contributed by atoms with Gasteiger partial charge in [-0.25, -0.2) is 0 Å². The molecule has 0 spiro atoms. The number of non-ortho nitro benzene ring substituents is 1. The van der Waals surface area contributed by atoms with E-state index in [-0.39, 0.29) is 23.8 Å². The molecule has 0 aliphatic carbocycles. The van der Waals surface area contributed by atoms with Crippen LogP contribution in [-0.2, 0) is 9.59 Å². The Labute approximate surface area is 161 Å². The van der Waals surface area contributed by atoms with E-state index in [0.717, 1.165) is 12.1 Å². The number of carbonyl (C=O) groups excluding carboxylic acids is 2. The van der Waals surface area contributed by atoms with Gasteiger partial charge in [0.2, 0.25) is 11.8 Å². The first-order valence-corrected chi connectivity index (χ1v) is 8.75. The third-order valence-corrected chi connectivity index (χ3v) is 4.38. The number of nitro benzene ring substituents is 1. The average Bonchev–Trinajstić information content (AvgIpc) is 3.12. The molecule has 0 aromatic heterocycles. The standard InChI is InChI=1S/C19H20N4O5/c1-28-17-9-8-13(23(26)27)11-15(17)21-18(24)12-20-14-5-2-3-6-16(14)22-10-4-7-19(22)25/h2-3,5-6,8-9,11,20H,4,7,10,12H2,1H3,(H,21,24). The molecule has 1 fully saturated rings. The van der Waals surface area contributed by atoms with Gasteiger partial charge in [0.25, 0.3) is 5.69 Å². The molecule has 0 radical (unpaired) electrons. The van der Waals surface area contributed by atoms with E-state index in [9.17, 15) is 19.7 Å². The molecule has 0 bridgehead atoms. The van der Waals surface area contributed by atoms with E-state index in [2.05, 4.69) is 10.6 Å². The van der Waals surface area contributed by atoms with E-state index in [1.54, 1.807) is 11.0 Å². The summed E-state index contributed by atoms with van der Waals surface area (Å²) in [4.78, 5) is 36.5. The molecule has 0 saturated carbocycles. The molecule has 1 aliphatic heterocycles. The minimum atomic E-state index is -0.545. The summed E-state index contributed by atoms with van der Waals surface area (Å²) in [7, 11) is 1.42. The van der Waals surface area contributed by atoms with Gasteiger partial charge in [-0.3, -0.25) is 19.7 Å². The molecule has 2 aromatic rings. The van der Waals surface area contributed by atoms with E-state index < -0.39 is 10.8 Å². The molecule has 0 unspecified atom stereocenters. The van der Waals surface area contributed by atoms with Crippen molar-refractivity contribution in [3.63, 3.8) is 0 Å². The zero-order chi connectivity index (χ0) is 20.1. The summed E-state index contributed by atoms with van der Waals surface area (Å²) >= 11 is 0. The van der Waals surface area contributed by atoms with E-state index in [1.165, 1.54) is 25.3 Å². The smallest absolute Gasteiger partial charge is 0.271 e. The summed E-state index contributed by atoms with van der Waals surface area (Å²) < 4.78 is 5.14. The highest BCUT2D eigenvalue weighted by molar-refractivity contribution is 6.00. The Morgan fingerprint density at radius 3 is 2.71 bits per heavy atom. The molecule has 2 amide bonds. The van der Waals surface area contributed by atoms with Gasteiger partial charge in [-0.2, -0.15) is 0 Å². The van der Waals surface area contributed by atoms with Gasteiger partial charge in [-0.05, 0) is 24.6 Å². The molecule has 146 valence electrons. The predicted molar refractivity (Wildman–Crippen MR) is 105 cm³/mol. The summed E-state index contributed by atoms with van der Waals surface area (Å²) in [6.07, 6.45) is 1.32. The highest BCUT2D eigenvalue weighted by atomic mass is 16.6. The number of para-hydroxylation sites is 2. The van der Waals surface area contributed by atoms with Crippen molar-refractivity contribution in [2.45, 2.75) is 12.8 Å². The van der Waals surface area contributed by atoms with Gasteiger partial charge in [0, 0.05) is 25.1 Å². The molecule has 1 heterocycles. The summed E-state index contributed by atoms with van der Waals surface area (Å²) in [5.41, 5.74) is 1.46. The number of hydrogen-bond acceptors (Lipinski definition) is 6. The number of ether oxygens (including phenoxy) is 1. The molecular formula is C19H20N4O5. The second-order valence-electron chi connectivity index (χ2n) is 6.21. The van der Waals surface area contributed by atoms with Crippen LogP contribution in [0.25, 0.3) is 0 Å². The van der Waals surface area contributed by atoms with E-state index in [1.807, 2.05) is 18.2 Å². The van der Waals surface area contributed by atoms with Gasteiger partial charge in [-0.1, -0.05) is 12.1 Å². The first kappa shape index (κ1) is 19.2. The van der Waals surface area contributed by atoms with Gasteiger partial charge in [0.1, 0.15) is 5.75 Å². The fourth-order valence-corrected chi connectivity index (χ4v) is 3.04. The predicted octanol–water partition coefficient (Wildman–Crippen LogP) is 2.78. The summed E-state index contributed by atoms with van der Waals surface area (Å²) in [6.45, 7) is 0.569. The number of nitrogens with one attached hydrogen (secondary N) is 2. The number of rotatable bonds is 7. The maximum atomic E-state index is 12.4. The summed E-state index contributed by atoms with van der Waals surface area (Å²) in [5, 5.41) is 16.6. The number of anilines is 3. The van der Waals surface area contributed by atoms with Gasteiger partial charge in [0.15, 0.2) is 0 Å². The van der Waals surface area contributed by atoms with Crippen molar-refractivity contribution < 1.29 is 19.2 Å².